The van der Waals surface area contributed by atoms with Crippen molar-refractivity contribution in [3.05, 3.63) is 46.2 Å². The van der Waals surface area contributed by atoms with Crippen LogP contribution in [-0.2, 0) is 7.05 Å². The molecule has 0 fully saturated rings. The van der Waals surface area contributed by atoms with E-state index in [1.165, 1.54) is 0 Å². The fourth-order valence-corrected chi connectivity index (χ4v) is 2.03. The molecule has 0 saturated carbocycles. The largest absolute Gasteiger partial charge is 0.387 e. The molecule has 1 aromatic carbocycles. The number of nitrogens with one attached hydrogen (secondary N) is 1. The number of aliphatic hydroxyl groups is 1. The minimum Gasteiger partial charge on any atom is -0.387 e. The van der Waals surface area contributed by atoms with Gasteiger partial charge < -0.3 is 10.4 Å². The Morgan fingerprint density at radius 1 is 1.44 bits per heavy atom. The minimum absolute atomic E-state index is 0.339. The zero-order valence-electron chi connectivity index (χ0n) is 9.77. The predicted octanol–water partition coefficient (Wildman–Crippen LogP) is 2.87. The number of hydrogen-bond acceptors (Lipinski definition) is 3. The highest BCUT2D eigenvalue weighted by molar-refractivity contribution is 6.33. The maximum absolute atomic E-state index is 10.1. The Hall–Kier alpha value is -1.23. The first-order valence-corrected chi connectivity index (χ1v) is 6.17. The third-order valence-corrected chi connectivity index (χ3v) is 3.10. The third kappa shape index (κ3) is 3.16. The Balaban J connectivity index is 2.03. The molecular formula is C12H13Cl2N3O. The molecule has 0 amide bonds. The van der Waals surface area contributed by atoms with Gasteiger partial charge in [-0.25, -0.2) is 0 Å². The van der Waals surface area contributed by atoms with Crippen LogP contribution in [0.1, 0.15) is 11.7 Å². The van der Waals surface area contributed by atoms with Gasteiger partial charge in [0.2, 0.25) is 0 Å². The molecule has 2 rings (SSSR count). The summed E-state index contributed by atoms with van der Waals surface area (Å²) < 4.78 is 1.68. The normalized spacial score (nSPS) is 12.4. The third-order valence-electron chi connectivity index (χ3n) is 2.52. The highest BCUT2D eigenvalue weighted by atomic mass is 35.5. The molecule has 0 aliphatic rings. The quantitative estimate of drug-likeness (QED) is 0.908. The molecule has 0 aliphatic carbocycles. The molecule has 0 radical (unpaired) electrons. The lowest BCUT2D eigenvalue weighted by Gasteiger charge is -2.13. The van der Waals surface area contributed by atoms with Gasteiger partial charge >= 0.3 is 0 Å². The molecule has 0 spiro atoms. The molecular weight excluding hydrogens is 273 g/mol. The fourth-order valence-electron chi connectivity index (χ4n) is 1.61. The van der Waals surface area contributed by atoms with Crippen molar-refractivity contribution in [3.8, 4) is 0 Å². The van der Waals surface area contributed by atoms with Crippen LogP contribution in [-0.4, -0.2) is 21.4 Å². The summed E-state index contributed by atoms with van der Waals surface area (Å²) >= 11 is 11.9. The molecule has 96 valence electrons. The summed E-state index contributed by atoms with van der Waals surface area (Å²) in [5.74, 6) is 0. The van der Waals surface area contributed by atoms with Crippen molar-refractivity contribution in [3.63, 3.8) is 0 Å². The van der Waals surface area contributed by atoms with Crippen molar-refractivity contribution in [2.75, 3.05) is 11.9 Å². The van der Waals surface area contributed by atoms with Gasteiger partial charge in [0.15, 0.2) is 0 Å². The van der Waals surface area contributed by atoms with Gasteiger partial charge in [0.1, 0.15) is 0 Å². The number of aliphatic hydroxyl groups excluding tert-OH is 1. The molecule has 18 heavy (non-hydrogen) atoms. The van der Waals surface area contributed by atoms with E-state index in [1.807, 2.05) is 13.2 Å². The molecule has 2 aromatic rings. The minimum atomic E-state index is -0.726. The first-order valence-electron chi connectivity index (χ1n) is 5.42. The van der Waals surface area contributed by atoms with E-state index in [1.54, 1.807) is 29.1 Å². The van der Waals surface area contributed by atoms with Crippen molar-refractivity contribution in [1.29, 1.82) is 0 Å². The Morgan fingerprint density at radius 2 is 2.22 bits per heavy atom. The van der Waals surface area contributed by atoms with Gasteiger partial charge in [-0.2, -0.15) is 5.10 Å². The van der Waals surface area contributed by atoms with Gasteiger partial charge in [0.05, 0.1) is 18.0 Å². The van der Waals surface area contributed by atoms with Gasteiger partial charge in [-0.1, -0.05) is 23.2 Å². The molecule has 1 unspecified atom stereocenters. The molecule has 0 saturated heterocycles. The van der Waals surface area contributed by atoms with Crippen LogP contribution in [0.25, 0.3) is 0 Å². The second-order valence-electron chi connectivity index (χ2n) is 3.97. The first-order chi connectivity index (χ1) is 8.56. The van der Waals surface area contributed by atoms with E-state index in [9.17, 15) is 5.11 Å². The molecule has 2 N–H and O–H groups in total. The standard InChI is InChI=1S/C12H13Cl2N3O/c1-17-7-9(5-16-17)15-6-12(18)10-4-8(13)2-3-11(10)14/h2-5,7,12,15,18H,6H2,1H3. The van der Waals surface area contributed by atoms with E-state index in [0.29, 0.717) is 22.2 Å². The van der Waals surface area contributed by atoms with E-state index in [2.05, 4.69) is 10.4 Å². The average Bonchev–Trinajstić information content (AvgIpc) is 2.75. The summed E-state index contributed by atoms with van der Waals surface area (Å²) in [7, 11) is 1.83. The van der Waals surface area contributed by atoms with E-state index < -0.39 is 6.10 Å². The van der Waals surface area contributed by atoms with Crippen LogP contribution in [0.5, 0.6) is 0 Å². The second-order valence-corrected chi connectivity index (χ2v) is 4.81. The maximum atomic E-state index is 10.1. The van der Waals surface area contributed by atoms with Crippen molar-refractivity contribution >= 4 is 28.9 Å². The summed E-state index contributed by atoms with van der Waals surface area (Å²) in [5, 5.41) is 18.2. The van der Waals surface area contributed by atoms with Crippen LogP contribution in [0, 0.1) is 0 Å². The zero-order chi connectivity index (χ0) is 13.1. The molecule has 0 bridgehead atoms. The number of benzene rings is 1. The Bertz CT molecular complexity index is 542. The number of nitrogens with zero attached hydrogens (tertiary/aromatic N) is 2. The first kappa shape index (κ1) is 13.2. The van der Waals surface area contributed by atoms with Gasteiger partial charge in [-0.3, -0.25) is 4.68 Å². The van der Waals surface area contributed by atoms with Crippen LogP contribution in [0.3, 0.4) is 0 Å². The van der Waals surface area contributed by atoms with Crippen molar-refractivity contribution in [1.82, 2.24) is 9.78 Å². The summed E-state index contributed by atoms with van der Waals surface area (Å²) in [6.45, 7) is 0.339. The smallest absolute Gasteiger partial charge is 0.0977 e. The van der Waals surface area contributed by atoms with Crippen molar-refractivity contribution in [2.24, 2.45) is 7.05 Å². The molecule has 4 nitrogen and oxygen atoms in total. The van der Waals surface area contributed by atoms with Gasteiger partial charge in [-0.05, 0) is 18.2 Å². The lowest BCUT2D eigenvalue weighted by Crippen LogP contribution is -2.12. The maximum Gasteiger partial charge on any atom is 0.0977 e. The van der Waals surface area contributed by atoms with Crippen LogP contribution < -0.4 is 5.32 Å². The number of aryl methyl sites for hydroxylation is 1. The Kier molecular flexibility index (Phi) is 4.11. The van der Waals surface area contributed by atoms with Crippen LogP contribution in [0.15, 0.2) is 30.6 Å². The Morgan fingerprint density at radius 3 is 2.89 bits per heavy atom. The number of halogens is 2. The lowest BCUT2D eigenvalue weighted by atomic mass is 10.1. The molecule has 1 aromatic heterocycles. The van der Waals surface area contributed by atoms with Crippen LogP contribution in [0.2, 0.25) is 10.0 Å². The van der Waals surface area contributed by atoms with E-state index in [4.69, 9.17) is 23.2 Å². The molecule has 1 heterocycles. The van der Waals surface area contributed by atoms with Crippen LogP contribution in [0.4, 0.5) is 5.69 Å². The molecule has 0 aliphatic heterocycles. The highest BCUT2D eigenvalue weighted by Crippen LogP contribution is 2.26. The number of anilines is 1. The zero-order valence-corrected chi connectivity index (χ0v) is 11.3. The highest BCUT2D eigenvalue weighted by Gasteiger charge is 2.12. The fraction of sp³-hybridized carbons (Fsp3) is 0.250. The summed E-state index contributed by atoms with van der Waals surface area (Å²) in [5.41, 5.74) is 1.45. The number of rotatable bonds is 4. The van der Waals surface area contributed by atoms with Crippen molar-refractivity contribution < 1.29 is 5.11 Å². The van der Waals surface area contributed by atoms with Crippen LogP contribution >= 0.6 is 23.2 Å². The van der Waals surface area contributed by atoms with E-state index in [0.717, 1.165) is 5.69 Å². The monoisotopic (exact) mass is 285 g/mol. The van der Waals surface area contributed by atoms with Crippen molar-refractivity contribution in [2.45, 2.75) is 6.10 Å². The average molecular weight is 286 g/mol. The number of hydrogen-bond donors (Lipinski definition) is 2. The molecule has 6 heteroatoms. The predicted molar refractivity (Wildman–Crippen MR) is 73.1 cm³/mol. The summed E-state index contributed by atoms with van der Waals surface area (Å²) in [6, 6.07) is 5.03. The van der Waals surface area contributed by atoms with Gasteiger partial charge in [-0.15, -0.1) is 0 Å². The number of aromatic nitrogens is 2. The summed E-state index contributed by atoms with van der Waals surface area (Å²) in [6.07, 6.45) is 2.79. The lowest BCUT2D eigenvalue weighted by molar-refractivity contribution is 0.192. The van der Waals surface area contributed by atoms with Gasteiger partial charge in [0, 0.05) is 35.4 Å². The van der Waals surface area contributed by atoms with Gasteiger partial charge in [0.25, 0.3) is 0 Å². The molecule has 1 atom stereocenters. The second kappa shape index (κ2) is 5.61. The van der Waals surface area contributed by atoms with E-state index >= 15 is 0 Å². The van der Waals surface area contributed by atoms with E-state index in [-0.39, 0.29) is 0 Å². The SMILES string of the molecule is Cn1cc(NCC(O)c2cc(Cl)ccc2Cl)cn1. The summed E-state index contributed by atoms with van der Waals surface area (Å²) in [4.78, 5) is 0. The Labute approximate surface area is 115 Å². The topological polar surface area (TPSA) is 50.1 Å².